The minimum atomic E-state index is 0.439. The van der Waals surface area contributed by atoms with Crippen molar-refractivity contribution in [1.82, 2.24) is 9.55 Å². The van der Waals surface area contributed by atoms with Crippen LogP contribution in [0.1, 0.15) is 12.5 Å². The molecule has 0 saturated heterocycles. The van der Waals surface area contributed by atoms with Crippen LogP contribution in [-0.2, 0) is 6.42 Å². The van der Waals surface area contributed by atoms with Crippen molar-refractivity contribution in [3.63, 3.8) is 0 Å². The molecule has 4 aromatic rings. The minimum absolute atomic E-state index is 0.439. The molecule has 0 aliphatic carbocycles. The second-order valence-electron chi connectivity index (χ2n) is 5.35. The molecule has 0 aliphatic heterocycles. The van der Waals surface area contributed by atoms with Crippen LogP contribution in [0.3, 0.4) is 0 Å². The van der Waals surface area contributed by atoms with Gasteiger partial charge in [-0.2, -0.15) is 0 Å². The molecule has 2 aromatic heterocycles. The fourth-order valence-electron chi connectivity index (χ4n) is 2.82. The van der Waals surface area contributed by atoms with E-state index in [0.29, 0.717) is 5.96 Å². The molecule has 0 unspecified atom stereocenters. The number of hydrogen-bond acceptors (Lipinski definition) is 2. The van der Waals surface area contributed by atoms with Crippen molar-refractivity contribution in [2.75, 3.05) is 0 Å². The van der Waals surface area contributed by atoms with E-state index in [1.807, 2.05) is 34.9 Å². The fourth-order valence-corrected chi connectivity index (χ4v) is 2.82. The SMILES string of the molecule is CCc1cccc(N=C(N)n2c3ccc4cccc2c4n3)c1. The van der Waals surface area contributed by atoms with E-state index in [2.05, 4.69) is 41.2 Å². The summed E-state index contributed by atoms with van der Waals surface area (Å²) < 4.78 is 1.90. The van der Waals surface area contributed by atoms with Crippen molar-refractivity contribution in [3.8, 4) is 0 Å². The lowest BCUT2D eigenvalue weighted by atomic mass is 10.1. The van der Waals surface area contributed by atoms with Gasteiger partial charge >= 0.3 is 0 Å². The molecule has 108 valence electrons. The van der Waals surface area contributed by atoms with Gasteiger partial charge in [0, 0.05) is 5.39 Å². The van der Waals surface area contributed by atoms with E-state index in [4.69, 9.17) is 5.73 Å². The summed E-state index contributed by atoms with van der Waals surface area (Å²) in [6.45, 7) is 2.13. The van der Waals surface area contributed by atoms with Crippen LogP contribution in [0.5, 0.6) is 0 Å². The maximum Gasteiger partial charge on any atom is 0.207 e. The second kappa shape index (κ2) is 4.84. The number of nitrogens with zero attached hydrogens (tertiary/aromatic N) is 3. The highest BCUT2D eigenvalue weighted by molar-refractivity contribution is 6.04. The second-order valence-corrected chi connectivity index (χ2v) is 5.35. The first-order valence-electron chi connectivity index (χ1n) is 7.39. The van der Waals surface area contributed by atoms with Gasteiger partial charge in [-0.25, -0.2) is 9.98 Å². The molecule has 0 amide bonds. The normalized spacial score (nSPS) is 12.5. The summed E-state index contributed by atoms with van der Waals surface area (Å²) >= 11 is 0. The Morgan fingerprint density at radius 3 is 2.86 bits per heavy atom. The third-order valence-electron chi connectivity index (χ3n) is 3.95. The average Bonchev–Trinajstić information content (AvgIpc) is 2.90. The monoisotopic (exact) mass is 288 g/mol. The third kappa shape index (κ3) is 1.92. The Labute approximate surface area is 128 Å². The number of fused-ring (bicyclic) bond motifs is 1. The van der Waals surface area contributed by atoms with E-state index < -0.39 is 0 Å². The van der Waals surface area contributed by atoms with Crippen molar-refractivity contribution in [2.24, 2.45) is 10.7 Å². The number of rotatable bonds is 2. The molecule has 22 heavy (non-hydrogen) atoms. The Bertz CT molecular complexity index is 981. The predicted octanol–water partition coefficient (Wildman–Crippen LogP) is 3.68. The number of hydrogen-bond donors (Lipinski definition) is 1. The van der Waals surface area contributed by atoms with Gasteiger partial charge in [-0.1, -0.05) is 31.2 Å². The number of para-hydroxylation sites is 1. The molecule has 0 fully saturated rings. The Hall–Kier alpha value is -2.88. The summed E-state index contributed by atoms with van der Waals surface area (Å²) in [6, 6.07) is 18.2. The number of nitrogens with two attached hydrogens (primary N) is 1. The lowest BCUT2D eigenvalue weighted by Gasteiger charge is -2.05. The molecule has 4 rings (SSSR count). The van der Waals surface area contributed by atoms with Crippen LogP contribution in [0.15, 0.2) is 59.6 Å². The van der Waals surface area contributed by atoms with E-state index >= 15 is 0 Å². The number of aliphatic imine (C=N–C) groups is 1. The quantitative estimate of drug-likeness (QED) is 0.452. The van der Waals surface area contributed by atoms with Crippen molar-refractivity contribution in [1.29, 1.82) is 0 Å². The number of pyridine rings is 1. The predicted molar refractivity (Wildman–Crippen MR) is 90.9 cm³/mol. The van der Waals surface area contributed by atoms with Gasteiger partial charge in [0.25, 0.3) is 0 Å². The van der Waals surface area contributed by atoms with E-state index in [1.54, 1.807) is 0 Å². The number of imidazole rings is 1. The van der Waals surface area contributed by atoms with Crippen molar-refractivity contribution in [2.45, 2.75) is 13.3 Å². The number of benzene rings is 2. The van der Waals surface area contributed by atoms with Crippen LogP contribution in [0, 0.1) is 0 Å². The lowest BCUT2D eigenvalue weighted by molar-refractivity contribution is 1.13. The zero-order valence-corrected chi connectivity index (χ0v) is 12.3. The highest BCUT2D eigenvalue weighted by Crippen LogP contribution is 2.24. The van der Waals surface area contributed by atoms with E-state index in [9.17, 15) is 0 Å². The molecule has 0 radical (unpaired) electrons. The first-order chi connectivity index (χ1) is 10.8. The Kier molecular flexibility index (Phi) is 2.82. The highest BCUT2D eigenvalue weighted by atomic mass is 15.2. The maximum absolute atomic E-state index is 6.27. The van der Waals surface area contributed by atoms with Crippen molar-refractivity contribution < 1.29 is 0 Å². The van der Waals surface area contributed by atoms with Gasteiger partial charge in [0.05, 0.1) is 16.7 Å². The molecule has 2 N–H and O–H groups in total. The zero-order chi connectivity index (χ0) is 15.1. The topological polar surface area (TPSA) is 56.2 Å². The first-order valence-corrected chi connectivity index (χ1v) is 7.39. The molecular formula is C18H16N4. The standard InChI is InChI=1S/C18H16N4/c1-2-12-5-3-7-14(11-12)20-18(19)22-15-8-4-6-13-9-10-16(22)21-17(13)15/h3-11H,2H2,1H3,(H2,19,20). The van der Waals surface area contributed by atoms with Gasteiger partial charge in [0.1, 0.15) is 5.65 Å². The number of aromatic nitrogens is 2. The summed E-state index contributed by atoms with van der Waals surface area (Å²) in [6.07, 6.45) is 0.981. The average molecular weight is 288 g/mol. The summed E-state index contributed by atoms with van der Waals surface area (Å²) in [5.41, 5.74) is 11.2. The van der Waals surface area contributed by atoms with Gasteiger partial charge in [0.2, 0.25) is 5.96 Å². The zero-order valence-electron chi connectivity index (χ0n) is 12.3. The molecule has 4 heteroatoms. The molecule has 4 nitrogen and oxygen atoms in total. The smallest absolute Gasteiger partial charge is 0.207 e. The Morgan fingerprint density at radius 1 is 1.14 bits per heavy atom. The van der Waals surface area contributed by atoms with Crippen molar-refractivity contribution in [3.05, 3.63) is 60.2 Å². The summed E-state index contributed by atoms with van der Waals surface area (Å²) in [5, 5.41) is 1.12. The van der Waals surface area contributed by atoms with Crippen LogP contribution in [0.25, 0.3) is 22.1 Å². The summed E-state index contributed by atoms with van der Waals surface area (Å²) in [7, 11) is 0. The molecular weight excluding hydrogens is 272 g/mol. The van der Waals surface area contributed by atoms with Crippen LogP contribution in [-0.4, -0.2) is 15.5 Å². The first kappa shape index (κ1) is 12.8. The highest BCUT2D eigenvalue weighted by Gasteiger charge is 2.12. The fraction of sp³-hybridized carbons (Fsp3) is 0.111. The molecule has 0 atom stereocenters. The summed E-state index contributed by atoms with van der Waals surface area (Å²) in [4.78, 5) is 9.19. The third-order valence-corrected chi connectivity index (χ3v) is 3.95. The van der Waals surface area contributed by atoms with Gasteiger partial charge in [0.15, 0.2) is 0 Å². The Morgan fingerprint density at radius 2 is 2.00 bits per heavy atom. The van der Waals surface area contributed by atoms with Gasteiger partial charge < -0.3 is 5.73 Å². The molecule has 2 aromatic carbocycles. The maximum atomic E-state index is 6.27. The molecule has 2 bridgehead atoms. The van der Waals surface area contributed by atoms with Gasteiger partial charge in [-0.05, 0) is 42.3 Å². The van der Waals surface area contributed by atoms with E-state index in [1.165, 1.54) is 5.56 Å². The largest absolute Gasteiger partial charge is 0.369 e. The number of aryl methyl sites for hydroxylation is 1. The van der Waals surface area contributed by atoms with E-state index in [-0.39, 0.29) is 0 Å². The van der Waals surface area contributed by atoms with Gasteiger partial charge in [-0.15, -0.1) is 0 Å². The van der Waals surface area contributed by atoms with E-state index in [0.717, 1.165) is 34.2 Å². The van der Waals surface area contributed by atoms with Crippen LogP contribution in [0.4, 0.5) is 5.69 Å². The van der Waals surface area contributed by atoms with Crippen LogP contribution in [0.2, 0.25) is 0 Å². The Balaban J connectivity index is 1.88. The molecule has 0 saturated carbocycles. The van der Waals surface area contributed by atoms with Crippen LogP contribution >= 0.6 is 0 Å². The molecule has 0 aliphatic rings. The lowest BCUT2D eigenvalue weighted by Crippen LogP contribution is -2.21. The summed E-state index contributed by atoms with van der Waals surface area (Å²) in [5.74, 6) is 0.439. The van der Waals surface area contributed by atoms with Gasteiger partial charge in [-0.3, -0.25) is 4.57 Å². The molecule has 0 spiro atoms. The minimum Gasteiger partial charge on any atom is -0.369 e. The van der Waals surface area contributed by atoms with Crippen molar-refractivity contribution >= 4 is 33.7 Å². The molecule has 2 heterocycles. The van der Waals surface area contributed by atoms with Crippen LogP contribution < -0.4 is 5.73 Å².